The van der Waals surface area contributed by atoms with Crippen LogP contribution in [0, 0.1) is 5.82 Å². The van der Waals surface area contributed by atoms with Crippen LogP contribution in [0.2, 0.25) is 5.02 Å². The van der Waals surface area contributed by atoms with Crippen LogP contribution in [0.15, 0.2) is 18.2 Å². The van der Waals surface area contributed by atoms with Crippen LogP contribution >= 0.6 is 11.6 Å². The maximum absolute atomic E-state index is 13.5. The van der Waals surface area contributed by atoms with Crippen molar-refractivity contribution in [3.63, 3.8) is 0 Å². The number of likely N-dealkylation sites (tertiary alicyclic amines) is 1. The third kappa shape index (κ3) is 4.92. The third-order valence-electron chi connectivity index (χ3n) is 5.50. The predicted molar refractivity (Wildman–Crippen MR) is 98.0 cm³/mol. The van der Waals surface area contributed by atoms with E-state index in [0.717, 1.165) is 18.7 Å². The molecule has 2 aliphatic heterocycles. The lowest BCUT2D eigenvalue weighted by Gasteiger charge is -2.38. The van der Waals surface area contributed by atoms with E-state index < -0.39 is 0 Å². The summed E-state index contributed by atoms with van der Waals surface area (Å²) in [5.74, 6) is -0.194. The minimum Gasteiger partial charge on any atom is -0.304 e. The zero-order valence-electron chi connectivity index (χ0n) is 14.7. The van der Waals surface area contributed by atoms with Crippen molar-refractivity contribution in [1.29, 1.82) is 0 Å². The van der Waals surface area contributed by atoms with E-state index in [1.807, 2.05) is 0 Å². The van der Waals surface area contributed by atoms with E-state index in [0.29, 0.717) is 11.1 Å². The van der Waals surface area contributed by atoms with Gasteiger partial charge in [0.25, 0.3) is 0 Å². The molecule has 2 saturated heterocycles. The van der Waals surface area contributed by atoms with Gasteiger partial charge in [0.05, 0.1) is 0 Å². The van der Waals surface area contributed by atoms with E-state index in [2.05, 4.69) is 21.7 Å². The molecular weight excluding hydrogens is 325 g/mol. The number of nitrogens with zero attached hydrogens (tertiary/aromatic N) is 3. The molecule has 0 aromatic heterocycles. The maximum atomic E-state index is 13.5. The van der Waals surface area contributed by atoms with Crippen molar-refractivity contribution in [2.24, 2.45) is 0 Å². The van der Waals surface area contributed by atoms with Gasteiger partial charge in [0, 0.05) is 43.8 Å². The highest BCUT2D eigenvalue weighted by Crippen LogP contribution is 2.25. The number of rotatable bonds is 5. The molecule has 0 amide bonds. The Bertz CT molecular complexity index is 531. The van der Waals surface area contributed by atoms with Crippen LogP contribution in [-0.2, 0) is 6.54 Å². The van der Waals surface area contributed by atoms with Crippen LogP contribution in [0.4, 0.5) is 4.39 Å². The van der Waals surface area contributed by atoms with Crippen molar-refractivity contribution >= 4 is 11.6 Å². The van der Waals surface area contributed by atoms with Crippen molar-refractivity contribution in [2.45, 2.75) is 38.3 Å². The van der Waals surface area contributed by atoms with Crippen LogP contribution in [0.5, 0.6) is 0 Å². The average molecular weight is 354 g/mol. The molecular formula is C19H29ClFN3. The van der Waals surface area contributed by atoms with Crippen LogP contribution in [0.3, 0.4) is 0 Å². The molecule has 24 heavy (non-hydrogen) atoms. The smallest absolute Gasteiger partial charge is 0.123 e. The summed E-state index contributed by atoms with van der Waals surface area (Å²) in [6.45, 7) is 7.74. The largest absolute Gasteiger partial charge is 0.304 e. The van der Waals surface area contributed by atoms with Gasteiger partial charge in [-0.25, -0.2) is 4.39 Å². The standard InChI is InChI=1S/C19H29ClFN3/c1-22-10-12-23(13-11-22)9-7-18-4-2-3-8-24(18)15-16-14-17(21)5-6-19(16)20/h5-6,14,18H,2-4,7-13,15H2,1H3/t18-/m1/s1. The van der Waals surface area contributed by atoms with E-state index in [4.69, 9.17) is 11.6 Å². The average Bonchev–Trinajstić information content (AvgIpc) is 2.59. The Morgan fingerprint density at radius 2 is 1.92 bits per heavy atom. The van der Waals surface area contributed by atoms with E-state index >= 15 is 0 Å². The first-order chi connectivity index (χ1) is 11.6. The van der Waals surface area contributed by atoms with E-state index in [-0.39, 0.29) is 5.82 Å². The fourth-order valence-corrected chi connectivity index (χ4v) is 4.06. The molecule has 0 unspecified atom stereocenters. The SMILES string of the molecule is CN1CCN(CC[C@H]2CCCCN2Cc2cc(F)ccc2Cl)CC1. The molecule has 1 aromatic carbocycles. The molecule has 1 aromatic rings. The van der Waals surface area contributed by atoms with E-state index in [1.54, 1.807) is 12.1 Å². The number of likely N-dealkylation sites (N-methyl/N-ethyl adjacent to an activating group) is 1. The van der Waals surface area contributed by atoms with Crippen LogP contribution < -0.4 is 0 Å². The number of hydrogen-bond acceptors (Lipinski definition) is 3. The molecule has 2 fully saturated rings. The molecule has 3 nitrogen and oxygen atoms in total. The molecule has 134 valence electrons. The summed E-state index contributed by atoms with van der Waals surface area (Å²) >= 11 is 6.27. The highest BCUT2D eigenvalue weighted by molar-refractivity contribution is 6.31. The zero-order valence-corrected chi connectivity index (χ0v) is 15.4. The Hall–Kier alpha value is -0.680. The fraction of sp³-hybridized carbons (Fsp3) is 0.684. The minimum absolute atomic E-state index is 0.194. The molecule has 0 bridgehead atoms. The summed E-state index contributed by atoms with van der Waals surface area (Å²) in [6, 6.07) is 5.30. The first kappa shape index (κ1) is 18.1. The molecule has 0 spiro atoms. The van der Waals surface area contributed by atoms with Crippen LogP contribution in [0.1, 0.15) is 31.2 Å². The summed E-state index contributed by atoms with van der Waals surface area (Å²) in [7, 11) is 2.20. The van der Waals surface area contributed by atoms with Gasteiger partial charge in [-0.05, 0) is 63.2 Å². The van der Waals surface area contributed by atoms with Crippen molar-refractivity contribution in [1.82, 2.24) is 14.7 Å². The third-order valence-corrected chi connectivity index (χ3v) is 5.87. The van der Waals surface area contributed by atoms with Crippen molar-refractivity contribution in [3.05, 3.63) is 34.6 Å². The number of piperidine rings is 1. The summed E-state index contributed by atoms with van der Waals surface area (Å²) in [6.07, 6.45) is 5.00. The van der Waals surface area contributed by atoms with Gasteiger partial charge in [0.1, 0.15) is 5.82 Å². The minimum atomic E-state index is -0.194. The molecule has 1 atom stereocenters. The highest BCUT2D eigenvalue weighted by atomic mass is 35.5. The van der Waals surface area contributed by atoms with Gasteiger partial charge < -0.3 is 9.80 Å². The van der Waals surface area contributed by atoms with Crippen LogP contribution in [0.25, 0.3) is 0 Å². The Balaban J connectivity index is 1.56. The Labute approximate surface area is 150 Å². The summed E-state index contributed by atoms with van der Waals surface area (Å²) < 4.78 is 13.5. The van der Waals surface area contributed by atoms with Gasteiger partial charge in [-0.15, -0.1) is 0 Å². The molecule has 0 radical (unpaired) electrons. The second-order valence-electron chi connectivity index (χ2n) is 7.29. The molecule has 0 N–H and O–H groups in total. The monoisotopic (exact) mass is 353 g/mol. The Morgan fingerprint density at radius 3 is 2.71 bits per heavy atom. The molecule has 2 aliphatic rings. The summed E-state index contributed by atoms with van der Waals surface area (Å²) in [5.41, 5.74) is 0.920. The van der Waals surface area contributed by atoms with Gasteiger partial charge >= 0.3 is 0 Å². The van der Waals surface area contributed by atoms with Crippen molar-refractivity contribution in [2.75, 3.05) is 46.3 Å². The molecule has 0 saturated carbocycles. The van der Waals surface area contributed by atoms with Gasteiger partial charge in [-0.3, -0.25) is 4.90 Å². The Morgan fingerprint density at radius 1 is 1.12 bits per heavy atom. The quantitative estimate of drug-likeness (QED) is 0.802. The normalized spacial score (nSPS) is 24.4. The predicted octanol–water partition coefficient (Wildman–Crippen LogP) is 3.47. The van der Waals surface area contributed by atoms with E-state index in [1.165, 1.54) is 64.5 Å². The number of halogens is 2. The van der Waals surface area contributed by atoms with Gasteiger partial charge in [-0.2, -0.15) is 0 Å². The van der Waals surface area contributed by atoms with Crippen molar-refractivity contribution in [3.8, 4) is 0 Å². The number of hydrogen-bond donors (Lipinski definition) is 0. The zero-order chi connectivity index (χ0) is 16.9. The first-order valence-corrected chi connectivity index (χ1v) is 9.58. The first-order valence-electron chi connectivity index (χ1n) is 9.21. The maximum Gasteiger partial charge on any atom is 0.123 e. The van der Waals surface area contributed by atoms with Crippen molar-refractivity contribution < 1.29 is 4.39 Å². The highest BCUT2D eigenvalue weighted by Gasteiger charge is 2.24. The lowest BCUT2D eigenvalue weighted by molar-refractivity contribution is 0.102. The van der Waals surface area contributed by atoms with Gasteiger partial charge in [-0.1, -0.05) is 18.0 Å². The Kier molecular flexibility index (Phi) is 6.50. The molecule has 3 rings (SSSR count). The summed E-state index contributed by atoms with van der Waals surface area (Å²) in [5, 5.41) is 0.680. The lowest BCUT2D eigenvalue weighted by Crippen LogP contribution is -2.47. The van der Waals surface area contributed by atoms with Gasteiger partial charge in [0.15, 0.2) is 0 Å². The summed E-state index contributed by atoms with van der Waals surface area (Å²) in [4.78, 5) is 7.50. The van der Waals surface area contributed by atoms with Crippen LogP contribution in [-0.4, -0.2) is 67.1 Å². The molecule has 5 heteroatoms. The lowest BCUT2D eigenvalue weighted by atomic mass is 9.98. The second kappa shape index (κ2) is 8.61. The molecule has 0 aliphatic carbocycles. The van der Waals surface area contributed by atoms with Gasteiger partial charge in [0.2, 0.25) is 0 Å². The topological polar surface area (TPSA) is 9.72 Å². The van der Waals surface area contributed by atoms with E-state index in [9.17, 15) is 4.39 Å². The number of benzene rings is 1. The second-order valence-corrected chi connectivity index (χ2v) is 7.70. The molecule has 2 heterocycles. The number of piperazine rings is 1. The fourth-order valence-electron chi connectivity index (χ4n) is 3.88.